The van der Waals surface area contributed by atoms with Gasteiger partial charge in [0.2, 0.25) is 0 Å². The number of rotatable bonds is 0. The van der Waals surface area contributed by atoms with E-state index in [2.05, 4.69) is 0 Å². The third-order valence-electron chi connectivity index (χ3n) is 1.93. The molecule has 0 saturated heterocycles. The van der Waals surface area contributed by atoms with Crippen LogP contribution >= 0.6 is 23.2 Å². The summed E-state index contributed by atoms with van der Waals surface area (Å²) < 4.78 is 0. The van der Waals surface area contributed by atoms with E-state index in [0.717, 1.165) is 12.8 Å². The number of halogens is 2. The predicted octanol–water partition coefficient (Wildman–Crippen LogP) is 0.996. The molecule has 4 N–H and O–H groups in total. The van der Waals surface area contributed by atoms with E-state index in [-0.39, 0.29) is 32.5 Å². The summed E-state index contributed by atoms with van der Waals surface area (Å²) in [5, 5.41) is -0.182. The maximum atomic E-state index is 5.88. The van der Waals surface area contributed by atoms with Crippen molar-refractivity contribution < 1.29 is 21.1 Å². The SMILES string of the molecule is N[C@H]1CCC(N)(Cl)[C@@H](Cl)C1.[Pt]. The van der Waals surface area contributed by atoms with Crippen LogP contribution in [0.5, 0.6) is 0 Å². The Kier molecular flexibility index (Phi) is 4.91. The topological polar surface area (TPSA) is 52.0 Å². The van der Waals surface area contributed by atoms with Gasteiger partial charge in [-0.05, 0) is 19.3 Å². The zero-order chi connectivity index (χ0) is 7.78. The minimum atomic E-state index is -0.725. The average molecular weight is 378 g/mol. The Hall–Kier alpha value is 1.19. The van der Waals surface area contributed by atoms with Gasteiger partial charge in [0.1, 0.15) is 5.00 Å². The Morgan fingerprint density at radius 3 is 2.36 bits per heavy atom. The molecule has 11 heavy (non-hydrogen) atoms. The number of alkyl halides is 2. The molecular weight excluding hydrogens is 366 g/mol. The maximum Gasteiger partial charge on any atom is 0.108 e. The van der Waals surface area contributed by atoms with Gasteiger partial charge in [0, 0.05) is 27.1 Å². The Labute approximate surface area is 91.2 Å². The molecule has 0 bridgehead atoms. The van der Waals surface area contributed by atoms with Gasteiger partial charge in [-0.25, -0.2) is 0 Å². The van der Waals surface area contributed by atoms with E-state index >= 15 is 0 Å². The van der Waals surface area contributed by atoms with E-state index in [0.29, 0.717) is 6.42 Å². The smallest absolute Gasteiger partial charge is 0.108 e. The molecule has 0 aromatic rings. The van der Waals surface area contributed by atoms with Crippen molar-refractivity contribution >= 4 is 23.2 Å². The zero-order valence-electron chi connectivity index (χ0n) is 6.00. The molecular formula is C6H12Cl2N2Pt. The standard InChI is InChI=1S/C6H12Cl2N2.Pt/c7-5-3-4(9)1-2-6(5,8)10;/h4-5H,1-3,9-10H2;/t4-,5-,6?;/m0./s1. The minimum absolute atomic E-state index is 0. The molecule has 0 spiro atoms. The Morgan fingerprint density at radius 1 is 1.45 bits per heavy atom. The minimum Gasteiger partial charge on any atom is -0.328 e. The molecule has 0 aliphatic heterocycles. The second kappa shape index (κ2) is 4.43. The van der Waals surface area contributed by atoms with Gasteiger partial charge in [-0.3, -0.25) is 0 Å². The molecule has 1 fully saturated rings. The maximum absolute atomic E-state index is 5.88. The first-order valence-electron chi connectivity index (χ1n) is 3.40. The molecule has 0 aromatic heterocycles. The van der Waals surface area contributed by atoms with Crippen molar-refractivity contribution in [1.82, 2.24) is 0 Å². The summed E-state index contributed by atoms with van der Waals surface area (Å²) >= 11 is 11.7. The van der Waals surface area contributed by atoms with Crippen molar-refractivity contribution in [2.45, 2.75) is 35.7 Å². The summed E-state index contributed by atoms with van der Waals surface area (Å²) in [4.78, 5) is -0.725. The molecule has 5 heteroatoms. The first kappa shape index (κ1) is 12.2. The summed E-state index contributed by atoms with van der Waals surface area (Å²) in [6.07, 6.45) is 2.31. The normalized spacial score (nSPS) is 44.7. The Morgan fingerprint density at radius 2 is 2.00 bits per heavy atom. The molecule has 0 aromatic carbocycles. The fourth-order valence-corrected chi connectivity index (χ4v) is 1.68. The molecule has 70 valence electrons. The fraction of sp³-hybridized carbons (Fsp3) is 1.00. The summed E-state index contributed by atoms with van der Waals surface area (Å²) in [7, 11) is 0. The summed E-state index contributed by atoms with van der Waals surface area (Å²) in [5.74, 6) is 0. The first-order valence-corrected chi connectivity index (χ1v) is 4.21. The van der Waals surface area contributed by atoms with E-state index in [1.54, 1.807) is 0 Å². The Bertz CT molecular complexity index is 132. The summed E-state index contributed by atoms with van der Waals surface area (Å²) in [6, 6.07) is 0.179. The van der Waals surface area contributed by atoms with Gasteiger partial charge < -0.3 is 11.5 Å². The van der Waals surface area contributed by atoms with Crippen LogP contribution in [0.15, 0.2) is 0 Å². The molecule has 0 heterocycles. The van der Waals surface area contributed by atoms with Crippen molar-refractivity contribution in [3.05, 3.63) is 0 Å². The molecule has 1 unspecified atom stereocenters. The fourth-order valence-electron chi connectivity index (χ4n) is 1.14. The number of hydrogen-bond donors (Lipinski definition) is 2. The summed E-state index contributed by atoms with van der Waals surface area (Å²) in [5.41, 5.74) is 11.3. The Balaban J connectivity index is 0.000001000. The summed E-state index contributed by atoms with van der Waals surface area (Å²) in [6.45, 7) is 0. The van der Waals surface area contributed by atoms with Crippen LogP contribution in [0, 0.1) is 0 Å². The van der Waals surface area contributed by atoms with Gasteiger partial charge >= 0.3 is 0 Å². The molecule has 2 nitrogen and oxygen atoms in total. The zero-order valence-corrected chi connectivity index (χ0v) is 9.79. The number of hydrogen-bond acceptors (Lipinski definition) is 2. The molecule has 0 amide bonds. The molecule has 3 atom stereocenters. The van der Waals surface area contributed by atoms with Crippen LogP contribution in [0.4, 0.5) is 0 Å². The van der Waals surface area contributed by atoms with Gasteiger partial charge in [0.25, 0.3) is 0 Å². The predicted molar refractivity (Wildman–Crippen MR) is 44.2 cm³/mol. The van der Waals surface area contributed by atoms with Gasteiger partial charge in [0.15, 0.2) is 0 Å². The monoisotopic (exact) mass is 377 g/mol. The van der Waals surface area contributed by atoms with E-state index in [4.69, 9.17) is 34.7 Å². The average Bonchev–Trinajstić information content (AvgIpc) is 1.81. The van der Waals surface area contributed by atoms with Crippen LogP contribution in [0.2, 0.25) is 0 Å². The second-order valence-corrected chi connectivity index (χ2v) is 4.16. The van der Waals surface area contributed by atoms with Crippen molar-refractivity contribution in [3.63, 3.8) is 0 Å². The van der Waals surface area contributed by atoms with Crippen LogP contribution in [-0.4, -0.2) is 16.4 Å². The van der Waals surface area contributed by atoms with Crippen LogP contribution < -0.4 is 11.5 Å². The van der Waals surface area contributed by atoms with Crippen LogP contribution in [0.1, 0.15) is 19.3 Å². The quantitative estimate of drug-likeness (QED) is 0.488. The van der Waals surface area contributed by atoms with Crippen molar-refractivity contribution in [3.8, 4) is 0 Å². The number of nitrogens with two attached hydrogens (primary N) is 2. The van der Waals surface area contributed by atoms with E-state index in [1.807, 2.05) is 0 Å². The molecule has 1 aliphatic carbocycles. The van der Waals surface area contributed by atoms with E-state index in [1.165, 1.54) is 0 Å². The van der Waals surface area contributed by atoms with Crippen molar-refractivity contribution in [2.75, 3.05) is 0 Å². The van der Waals surface area contributed by atoms with Crippen molar-refractivity contribution in [2.24, 2.45) is 11.5 Å². The van der Waals surface area contributed by atoms with Crippen LogP contribution in [0.3, 0.4) is 0 Å². The molecule has 0 radical (unpaired) electrons. The van der Waals surface area contributed by atoms with Gasteiger partial charge in [-0.15, -0.1) is 23.2 Å². The van der Waals surface area contributed by atoms with Gasteiger partial charge in [0.05, 0.1) is 5.38 Å². The molecule has 1 aliphatic rings. The first-order chi connectivity index (χ1) is 4.52. The van der Waals surface area contributed by atoms with Crippen LogP contribution in [-0.2, 0) is 21.1 Å². The third kappa shape index (κ3) is 3.20. The molecule has 1 saturated carbocycles. The third-order valence-corrected chi connectivity index (χ3v) is 3.06. The van der Waals surface area contributed by atoms with Gasteiger partial charge in [-0.1, -0.05) is 0 Å². The largest absolute Gasteiger partial charge is 0.328 e. The van der Waals surface area contributed by atoms with E-state index in [9.17, 15) is 0 Å². The van der Waals surface area contributed by atoms with Crippen molar-refractivity contribution in [1.29, 1.82) is 0 Å². The second-order valence-electron chi connectivity index (χ2n) is 2.93. The molecule has 1 rings (SSSR count). The van der Waals surface area contributed by atoms with E-state index < -0.39 is 5.00 Å². The van der Waals surface area contributed by atoms with Crippen LogP contribution in [0.25, 0.3) is 0 Å². The van der Waals surface area contributed by atoms with Gasteiger partial charge in [-0.2, -0.15) is 0 Å².